The average Bonchev–Trinajstić information content (AvgIpc) is 2.27. The molecule has 0 aliphatic heterocycles. The smallest absolute Gasteiger partial charge is 0.418 e. The third-order valence-electron chi connectivity index (χ3n) is 1.92. The number of benzene rings is 1. The SMILES string of the molecule is O=C(O)/C=C/C(=O)Nc1ccc(Br)cc1C(F)(F)F. The fourth-order valence-electron chi connectivity index (χ4n) is 1.18. The molecule has 0 heterocycles. The van der Waals surface area contributed by atoms with Crippen molar-refractivity contribution in [3.63, 3.8) is 0 Å². The summed E-state index contributed by atoms with van der Waals surface area (Å²) in [6, 6.07) is 3.21. The monoisotopic (exact) mass is 337 g/mol. The molecule has 0 spiro atoms. The number of nitrogens with one attached hydrogen (secondary N) is 1. The predicted molar refractivity (Wildman–Crippen MR) is 64.5 cm³/mol. The first-order chi connectivity index (χ1) is 8.70. The standard InChI is InChI=1S/C11H7BrF3NO3/c12-6-1-2-8(7(5-6)11(13,14)15)16-9(17)3-4-10(18)19/h1-5H,(H,16,17)(H,18,19)/b4-3+. The Morgan fingerprint density at radius 2 is 1.89 bits per heavy atom. The summed E-state index contributed by atoms with van der Waals surface area (Å²) in [6.07, 6.45) is -3.48. The van der Waals surface area contributed by atoms with E-state index in [4.69, 9.17) is 5.11 Å². The van der Waals surface area contributed by atoms with Gasteiger partial charge in [0.1, 0.15) is 0 Å². The lowest BCUT2D eigenvalue weighted by molar-refractivity contribution is -0.137. The molecule has 0 unspecified atom stereocenters. The Bertz CT molecular complexity index is 540. The zero-order chi connectivity index (χ0) is 14.6. The third kappa shape index (κ3) is 4.74. The van der Waals surface area contributed by atoms with Crippen molar-refractivity contribution in [1.29, 1.82) is 0 Å². The molecule has 0 bridgehead atoms. The second-order valence-electron chi connectivity index (χ2n) is 3.35. The van der Waals surface area contributed by atoms with Gasteiger partial charge in [0.25, 0.3) is 0 Å². The Labute approximate surface area is 114 Å². The molecule has 0 radical (unpaired) electrons. The van der Waals surface area contributed by atoms with Crippen LogP contribution < -0.4 is 5.32 Å². The van der Waals surface area contributed by atoms with Gasteiger partial charge < -0.3 is 10.4 Å². The van der Waals surface area contributed by atoms with Crippen LogP contribution in [0.1, 0.15) is 5.56 Å². The molecule has 0 aliphatic rings. The van der Waals surface area contributed by atoms with Gasteiger partial charge in [-0.05, 0) is 18.2 Å². The second kappa shape index (κ2) is 5.87. The molecule has 0 saturated heterocycles. The zero-order valence-corrected chi connectivity index (χ0v) is 10.7. The lowest BCUT2D eigenvalue weighted by Crippen LogP contribution is -2.15. The van der Waals surface area contributed by atoms with Crippen LogP contribution in [-0.2, 0) is 15.8 Å². The molecule has 1 aromatic rings. The Balaban J connectivity index is 3.02. The summed E-state index contributed by atoms with van der Waals surface area (Å²) in [5.74, 6) is -2.34. The number of hydrogen-bond acceptors (Lipinski definition) is 2. The maximum absolute atomic E-state index is 12.7. The number of anilines is 1. The van der Waals surface area contributed by atoms with Gasteiger partial charge in [-0.25, -0.2) is 4.79 Å². The molecular weight excluding hydrogens is 331 g/mol. The van der Waals surface area contributed by atoms with Crippen molar-refractivity contribution < 1.29 is 27.9 Å². The molecule has 1 aromatic carbocycles. The first-order valence-electron chi connectivity index (χ1n) is 4.79. The van der Waals surface area contributed by atoms with Crippen LogP contribution in [0.4, 0.5) is 18.9 Å². The van der Waals surface area contributed by atoms with E-state index in [0.717, 1.165) is 12.1 Å². The minimum atomic E-state index is -4.64. The van der Waals surface area contributed by atoms with Gasteiger partial charge in [0, 0.05) is 16.6 Å². The molecule has 19 heavy (non-hydrogen) atoms. The van der Waals surface area contributed by atoms with E-state index >= 15 is 0 Å². The fourth-order valence-corrected chi connectivity index (χ4v) is 1.54. The highest BCUT2D eigenvalue weighted by molar-refractivity contribution is 9.10. The number of carbonyl (C=O) groups excluding carboxylic acids is 1. The zero-order valence-electron chi connectivity index (χ0n) is 9.16. The van der Waals surface area contributed by atoms with Crippen molar-refractivity contribution in [1.82, 2.24) is 0 Å². The molecule has 0 saturated carbocycles. The Morgan fingerprint density at radius 3 is 2.42 bits per heavy atom. The van der Waals surface area contributed by atoms with Crippen LogP contribution in [-0.4, -0.2) is 17.0 Å². The molecule has 1 amide bonds. The van der Waals surface area contributed by atoms with E-state index in [1.807, 2.05) is 5.32 Å². The molecule has 0 aromatic heterocycles. The molecule has 2 N–H and O–H groups in total. The maximum Gasteiger partial charge on any atom is 0.418 e. The van der Waals surface area contributed by atoms with Gasteiger partial charge in [0.2, 0.25) is 5.91 Å². The number of alkyl halides is 3. The van der Waals surface area contributed by atoms with Crippen molar-refractivity contribution in [2.75, 3.05) is 5.32 Å². The van der Waals surface area contributed by atoms with Gasteiger partial charge in [-0.15, -0.1) is 0 Å². The summed E-state index contributed by atoms with van der Waals surface area (Å²) in [5.41, 5.74) is -1.48. The molecule has 4 nitrogen and oxygen atoms in total. The van der Waals surface area contributed by atoms with Gasteiger partial charge >= 0.3 is 12.1 Å². The number of carboxylic acids is 1. The second-order valence-corrected chi connectivity index (χ2v) is 4.26. The minimum absolute atomic E-state index is 0.207. The van der Waals surface area contributed by atoms with Crippen molar-refractivity contribution in [2.24, 2.45) is 0 Å². The van der Waals surface area contributed by atoms with Crippen LogP contribution in [0.2, 0.25) is 0 Å². The van der Waals surface area contributed by atoms with Crippen molar-refractivity contribution in [3.05, 3.63) is 40.4 Å². The normalized spacial score (nSPS) is 11.6. The number of aliphatic carboxylic acids is 1. The summed E-state index contributed by atoms with van der Waals surface area (Å²) >= 11 is 2.90. The number of hydrogen-bond donors (Lipinski definition) is 2. The lowest BCUT2D eigenvalue weighted by atomic mass is 10.1. The molecular formula is C11H7BrF3NO3. The van der Waals surface area contributed by atoms with E-state index < -0.39 is 29.3 Å². The van der Waals surface area contributed by atoms with E-state index in [0.29, 0.717) is 12.2 Å². The topological polar surface area (TPSA) is 66.4 Å². The van der Waals surface area contributed by atoms with Crippen LogP contribution in [0.5, 0.6) is 0 Å². The van der Waals surface area contributed by atoms with Gasteiger partial charge in [-0.1, -0.05) is 15.9 Å². The Hall–Kier alpha value is -1.83. The fraction of sp³-hybridized carbons (Fsp3) is 0.0909. The van der Waals surface area contributed by atoms with E-state index in [1.54, 1.807) is 0 Å². The third-order valence-corrected chi connectivity index (χ3v) is 2.42. The van der Waals surface area contributed by atoms with Crippen LogP contribution >= 0.6 is 15.9 Å². The van der Waals surface area contributed by atoms with Crippen LogP contribution in [0.25, 0.3) is 0 Å². The number of rotatable bonds is 3. The Kier molecular flexibility index (Phi) is 4.71. The molecule has 1 rings (SSSR count). The van der Waals surface area contributed by atoms with E-state index in [-0.39, 0.29) is 4.47 Å². The minimum Gasteiger partial charge on any atom is -0.478 e. The first-order valence-corrected chi connectivity index (χ1v) is 5.58. The van der Waals surface area contributed by atoms with Crippen LogP contribution in [0.3, 0.4) is 0 Å². The quantitative estimate of drug-likeness (QED) is 0.833. The summed E-state index contributed by atoms with van der Waals surface area (Å²) < 4.78 is 38.3. The average molecular weight is 338 g/mol. The van der Waals surface area contributed by atoms with Gasteiger partial charge in [-0.2, -0.15) is 13.2 Å². The number of carboxylic acid groups (broad SMARTS) is 1. The van der Waals surface area contributed by atoms with E-state index in [1.165, 1.54) is 6.07 Å². The first kappa shape index (κ1) is 15.2. The van der Waals surface area contributed by atoms with Gasteiger partial charge in [0.05, 0.1) is 11.3 Å². The molecule has 0 aliphatic carbocycles. The number of amides is 1. The maximum atomic E-state index is 12.7. The summed E-state index contributed by atoms with van der Waals surface area (Å²) in [7, 11) is 0. The van der Waals surface area contributed by atoms with Gasteiger partial charge in [0.15, 0.2) is 0 Å². The van der Waals surface area contributed by atoms with E-state index in [9.17, 15) is 22.8 Å². The summed E-state index contributed by atoms with van der Waals surface area (Å²) in [6.45, 7) is 0. The van der Waals surface area contributed by atoms with Crippen molar-refractivity contribution in [2.45, 2.75) is 6.18 Å². The summed E-state index contributed by atoms with van der Waals surface area (Å²) in [4.78, 5) is 21.4. The van der Waals surface area contributed by atoms with Crippen LogP contribution in [0, 0.1) is 0 Å². The van der Waals surface area contributed by atoms with Crippen molar-refractivity contribution in [3.8, 4) is 0 Å². The molecule has 102 valence electrons. The lowest BCUT2D eigenvalue weighted by Gasteiger charge is -2.13. The molecule has 0 atom stereocenters. The highest BCUT2D eigenvalue weighted by Gasteiger charge is 2.34. The van der Waals surface area contributed by atoms with Crippen molar-refractivity contribution >= 4 is 33.5 Å². The largest absolute Gasteiger partial charge is 0.478 e. The highest BCUT2D eigenvalue weighted by atomic mass is 79.9. The number of carbonyl (C=O) groups is 2. The highest BCUT2D eigenvalue weighted by Crippen LogP contribution is 2.36. The molecule has 8 heteroatoms. The number of halogens is 4. The van der Waals surface area contributed by atoms with Gasteiger partial charge in [-0.3, -0.25) is 4.79 Å². The predicted octanol–water partition coefficient (Wildman–Crippen LogP) is 3.05. The summed E-state index contributed by atoms with van der Waals surface area (Å²) in [5, 5.41) is 10.3. The Morgan fingerprint density at radius 1 is 1.26 bits per heavy atom. The molecule has 0 fully saturated rings. The van der Waals surface area contributed by atoms with Crippen LogP contribution in [0.15, 0.2) is 34.8 Å². The van der Waals surface area contributed by atoms with E-state index in [2.05, 4.69) is 15.9 Å².